The highest BCUT2D eigenvalue weighted by atomic mass is 16.5. The lowest BCUT2D eigenvalue weighted by Gasteiger charge is -2.07. The molecule has 21 heavy (non-hydrogen) atoms. The van der Waals surface area contributed by atoms with Gasteiger partial charge in [0.15, 0.2) is 5.78 Å². The van der Waals surface area contributed by atoms with Crippen molar-refractivity contribution in [3.05, 3.63) is 53.3 Å². The van der Waals surface area contributed by atoms with E-state index in [-0.39, 0.29) is 12.3 Å². The Morgan fingerprint density at radius 2 is 1.90 bits per heavy atom. The Balaban J connectivity index is 2.38. The van der Waals surface area contributed by atoms with Crippen molar-refractivity contribution < 1.29 is 14.8 Å². The molecule has 0 aliphatic heterocycles. The molecule has 1 amide bonds. The maximum atomic E-state index is 12.6. The number of nitrogens with one attached hydrogen (secondary N) is 2. The van der Waals surface area contributed by atoms with Crippen LogP contribution < -0.4 is 10.8 Å². The first-order chi connectivity index (χ1) is 10.0. The topological polar surface area (TPSA) is 83.4 Å². The minimum Gasteiger partial charge on any atom is -0.352 e. The summed E-state index contributed by atoms with van der Waals surface area (Å²) in [5.41, 5.74) is 3.99. The van der Waals surface area contributed by atoms with Crippen molar-refractivity contribution in [3.8, 4) is 0 Å². The van der Waals surface area contributed by atoms with Gasteiger partial charge < -0.3 is 15.1 Å². The summed E-state index contributed by atoms with van der Waals surface area (Å²) in [4.78, 5) is 24.2. The molecule has 0 aliphatic rings. The number of carbonyl (C=O) groups excluding carboxylic acids is 2. The van der Waals surface area contributed by atoms with Gasteiger partial charge in [0.05, 0.1) is 11.3 Å². The summed E-state index contributed by atoms with van der Waals surface area (Å²) in [6.07, 6.45) is 1.68. The first kappa shape index (κ1) is 15.0. The Hall–Kier alpha value is -2.44. The van der Waals surface area contributed by atoms with Crippen LogP contribution in [0.3, 0.4) is 0 Å². The van der Waals surface area contributed by atoms with Gasteiger partial charge in [-0.05, 0) is 6.92 Å². The quantitative estimate of drug-likeness (QED) is 0.574. The highest BCUT2D eigenvalue weighted by Gasteiger charge is 2.20. The number of hydrogen-bond donors (Lipinski definition) is 3. The number of benzene rings is 1. The third-order valence-electron chi connectivity index (χ3n) is 3.26. The smallest absolute Gasteiger partial charge is 0.240 e. The van der Waals surface area contributed by atoms with Crippen molar-refractivity contribution >= 4 is 17.4 Å². The lowest BCUT2D eigenvalue weighted by atomic mass is 10.0. The molecule has 0 radical (unpaired) electrons. The molecule has 110 valence electrons. The van der Waals surface area contributed by atoms with Crippen LogP contribution in [0.1, 0.15) is 21.6 Å². The molecule has 2 rings (SSSR count). The number of hydrogen-bond acceptors (Lipinski definition) is 4. The van der Waals surface area contributed by atoms with Crippen LogP contribution in [0.5, 0.6) is 0 Å². The zero-order chi connectivity index (χ0) is 15.4. The van der Waals surface area contributed by atoms with E-state index in [0.29, 0.717) is 16.8 Å². The summed E-state index contributed by atoms with van der Waals surface area (Å²) in [5, 5.41) is 11.2. The number of ketones is 1. The summed E-state index contributed by atoms with van der Waals surface area (Å²) in [6, 6.07) is 8.88. The third kappa shape index (κ3) is 3.18. The van der Waals surface area contributed by atoms with Crippen molar-refractivity contribution in [3.63, 3.8) is 0 Å². The molecule has 6 heteroatoms. The SMILES string of the molecule is Cc1c(C(=O)c2ccccc2)c(NC(=O)CNO)cn1C. The van der Waals surface area contributed by atoms with E-state index in [1.165, 1.54) is 0 Å². The van der Waals surface area contributed by atoms with Gasteiger partial charge in [0.25, 0.3) is 0 Å². The number of carbonyl (C=O) groups is 2. The summed E-state index contributed by atoms with van der Waals surface area (Å²) in [7, 11) is 1.80. The van der Waals surface area contributed by atoms with E-state index in [0.717, 1.165) is 5.69 Å². The molecule has 2 aromatic rings. The summed E-state index contributed by atoms with van der Waals surface area (Å²) >= 11 is 0. The number of amides is 1. The van der Waals surface area contributed by atoms with Crippen molar-refractivity contribution in [2.45, 2.75) is 6.92 Å². The number of aryl methyl sites for hydroxylation is 1. The fourth-order valence-electron chi connectivity index (χ4n) is 2.11. The van der Waals surface area contributed by atoms with Gasteiger partial charge in [-0.15, -0.1) is 0 Å². The number of hydroxylamine groups is 1. The molecule has 1 aromatic heterocycles. The minimum absolute atomic E-state index is 0.152. The van der Waals surface area contributed by atoms with Crippen LogP contribution in [0.2, 0.25) is 0 Å². The van der Waals surface area contributed by atoms with Crippen LogP contribution in [0.15, 0.2) is 36.5 Å². The molecule has 3 N–H and O–H groups in total. The number of anilines is 1. The van der Waals surface area contributed by atoms with E-state index in [9.17, 15) is 9.59 Å². The summed E-state index contributed by atoms with van der Waals surface area (Å²) in [6.45, 7) is 1.57. The fourth-order valence-corrected chi connectivity index (χ4v) is 2.11. The second kappa shape index (κ2) is 6.34. The Morgan fingerprint density at radius 3 is 2.52 bits per heavy atom. The maximum absolute atomic E-state index is 12.6. The first-order valence-corrected chi connectivity index (χ1v) is 6.47. The molecule has 0 saturated heterocycles. The van der Waals surface area contributed by atoms with E-state index < -0.39 is 5.91 Å². The van der Waals surface area contributed by atoms with Gasteiger partial charge in [0, 0.05) is 24.5 Å². The Morgan fingerprint density at radius 1 is 1.24 bits per heavy atom. The van der Waals surface area contributed by atoms with Crippen LogP contribution in [0.4, 0.5) is 5.69 Å². The van der Waals surface area contributed by atoms with Crippen LogP contribution in [0, 0.1) is 6.92 Å². The second-order valence-electron chi connectivity index (χ2n) is 4.69. The highest BCUT2D eigenvalue weighted by Crippen LogP contribution is 2.24. The molecule has 6 nitrogen and oxygen atoms in total. The lowest BCUT2D eigenvalue weighted by molar-refractivity contribution is -0.116. The van der Waals surface area contributed by atoms with Crippen molar-refractivity contribution in [2.24, 2.45) is 7.05 Å². The van der Waals surface area contributed by atoms with E-state index in [1.807, 2.05) is 13.0 Å². The molecule has 1 heterocycles. The molecule has 0 saturated carbocycles. The molecule has 0 atom stereocenters. The Bertz CT molecular complexity index is 662. The predicted octanol–water partition coefficient (Wildman–Crippen LogP) is 1.48. The van der Waals surface area contributed by atoms with Gasteiger partial charge in [-0.25, -0.2) is 0 Å². The van der Waals surface area contributed by atoms with E-state index >= 15 is 0 Å². The first-order valence-electron chi connectivity index (χ1n) is 6.47. The summed E-state index contributed by atoms with van der Waals surface area (Å²) < 4.78 is 1.78. The fraction of sp³-hybridized carbons (Fsp3) is 0.200. The standard InChI is InChI=1S/C15H17N3O3/c1-10-14(15(20)11-6-4-3-5-7-11)12(9-18(10)2)17-13(19)8-16-21/h3-7,9,16,21H,8H2,1-2H3,(H,17,19). The average molecular weight is 287 g/mol. The number of rotatable bonds is 5. The molecule has 0 unspecified atom stereocenters. The zero-order valence-corrected chi connectivity index (χ0v) is 11.9. The molecular formula is C15H17N3O3. The van der Waals surface area contributed by atoms with Gasteiger partial charge in [0.1, 0.15) is 6.54 Å². The third-order valence-corrected chi connectivity index (χ3v) is 3.26. The summed E-state index contributed by atoms with van der Waals surface area (Å²) in [5.74, 6) is -0.578. The predicted molar refractivity (Wildman–Crippen MR) is 78.4 cm³/mol. The van der Waals surface area contributed by atoms with Crippen molar-refractivity contribution in [2.75, 3.05) is 11.9 Å². The maximum Gasteiger partial charge on any atom is 0.240 e. The highest BCUT2D eigenvalue weighted by molar-refractivity contribution is 6.14. The largest absolute Gasteiger partial charge is 0.352 e. The van der Waals surface area contributed by atoms with E-state index in [1.54, 1.807) is 47.6 Å². The van der Waals surface area contributed by atoms with Gasteiger partial charge >= 0.3 is 0 Å². The monoisotopic (exact) mass is 287 g/mol. The van der Waals surface area contributed by atoms with Crippen LogP contribution >= 0.6 is 0 Å². The molecule has 0 spiro atoms. The molecular weight excluding hydrogens is 270 g/mol. The lowest BCUT2D eigenvalue weighted by Crippen LogP contribution is -2.26. The van der Waals surface area contributed by atoms with Crippen LogP contribution in [0.25, 0.3) is 0 Å². The van der Waals surface area contributed by atoms with Gasteiger partial charge in [0.2, 0.25) is 5.91 Å². The second-order valence-corrected chi connectivity index (χ2v) is 4.69. The van der Waals surface area contributed by atoms with Crippen molar-refractivity contribution in [1.29, 1.82) is 0 Å². The molecule has 1 aromatic carbocycles. The molecule has 0 bridgehead atoms. The van der Waals surface area contributed by atoms with E-state index in [2.05, 4.69) is 5.32 Å². The number of nitrogens with zero attached hydrogens (tertiary/aromatic N) is 1. The van der Waals surface area contributed by atoms with Crippen LogP contribution in [-0.4, -0.2) is 28.0 Å². The molecule has 0 aliphatic carbocycles. The van der Waals surface area contributed by atoms with Gasteiger partial charge in [-0.1, -0.05) is 30.3 Å². The average Bonchev–Trinajstić information content (AvgIpc) is 2.74. The van der Waals surface area contributed by atoms with E-state index in [4.69, 9.17) is 5.21 Å². The van der Waals surface area contributed by atoms with Crippen molar-refractivity contribution in [1.82, 2.24) is 10.0 Å². The zero-order valence-electron chi connectivity index (χ0n) is 11.9. The van der Waals surface area contributed by atoms with Gasteiger partial charge in [-0.2, -0.15) is 5.48 Å². The Labute approximate surface area is 122 Å². The Kier molecular flexibility index (Phi) is 4.52. The normalized spacial score (nSPS) is 10.4. The molecule has 0 fully saturated rings. The number of aromatic nitrogens is 1. The van der Waals surface area contributed by atoms with Crippen LogP contribution in [-0.2, 0) is 11.8 Å². The minimum atomic E-state index is -0.426. The van der Waals surface area contributed by atoms with Gasteiger partial charge in [-0.3, -0.25) is 9.59 Å².